The average molecular weight is 201 g/mol. The number of nitrogen functional groups attached to an aromatic ring is 1. The van der Waals surface area contributed by atoms with Crippen molar-refractivity contribution in [3.63, 3.8) is 0 Å². The van der Waals surface area contributed by atoms with E-state index < -0.39 is 0 Å². The molecule has 1 heterocycles. The van der Waals surface area contributed by atoms with E-state index in [-0.39, 0.29) is 0 Å². The number of hydrogen-bond donors (Lipinski definition) is 1. The molecule has 2 aromatic rings. The fraction of sp³-hybridized carbons (Fsp3) is 0.250. The lowest BCUT2D eigenvalue weighted by molar-refractivity contribution is 0.820. The third kappa shape index (κ3) is 2.01. The van der Waals surface area contributed by atoms with Gasteiger partial charge in [-0.2, -0.15) is 0 Å². The highest BCUT2D eigenvalue weighted by atomic mass is 15.0. The number of anilines is 1. The van der Waals surface area contributed by atoms with E-state index in [4.69, 9.17) is 5.73 Å². The molecule has 0 saturated heterocycles. The summed E-state index contributed by atoms with van der Waals surface area (Å²) in [4.78, 5) is 4.31. The van der Waals surface area contributed by atoms with E-state index in [1.165, 1.54) is 11.1 Å². The second-order valence-corrected chi connectivity index (χ2v) is 3.82. The molecular weight excluding hydrogens is 186 g/mol. The van der Waals surface area contributed by atoms with Crippen molar-refractivity contribution in [3.8, 4) is 0 Å². The Morgan fingerprint density at radius 1 is 1.40 bits per heavy atom. The monoisotopic (exact) mass is 201 g/mol. The maximum absolute atomic E-state index is 5.71. The SMILES string of the molecule is Cc1cc(N)ccc1Cc1nccn1C. The molecule has 0 saturated carbocycles. The zero-order valence-corrected chi connectivity index (χ0v) is 9.07. The zero-order valence-electron chi connectivity index (χ0n) is 9.07. The molecular formula is C12H15N3. The van der Waals surface area contributed by atoms with Crippen LogP contribution in [-0.4, -0.2) is 9.55 Å². The Kier molecular flexibility index (Phi) is 2.46. The number of aromatic nitrogens is 2. The molecule has 78 valence electrons. The number of nitrogens with zero attached hydrogens (tertiary/aromatic N) is 2. The van der Waals surface area contributed by atoms with Crippen molar-refractivity contribution in [2.45, 2.75) is 13.3 Å². The van der Waals surface area contributed by atoms with Crippen LogP contribution in [0.25, 0.3) is 0 Å². The van der Waals surface area contributed by atoms with E-state index in [0.717, 1.165) is 17.9 Å². The van der Waals surface area contributed by atoms with E-state index in [1.54, 1.807) is 0 Å². The highest BCUT2D eigenvalue weighted by molar-refractivity contribution is 5.44. The standard InChI is InChI=1S/C12H15N3/c1-9-7-11(13)4-3-10(9)8-12-14-5-6-15(12)2/h3-7H,8,13H2,1-2H3. The van der Waals surface area contributed by atoms with Gasteiger partial charge >= 0.3 is 0 Å². The summed E-state index contributed by atoms with van der Waals surface area (Å²) in [6.07, 6.45) is 4.64. The Hall–Kier alpha value is -1.77. The fourth-order valence-electron chi connectivity index (χ4n) is 1.65. The number of imidazole rings is 1. The largest absolute Gasteiger partial charge is 0.399 e. The van der Waals surface area contributed by atoms with Gasteiger partial charge in [0.1, 0.15) is 5.82 Å². The maximum atomic E-state index is 5.71. The summed E-state index contributed by atoms with van der Waals surface area (Å²) >= 11 is 0. The van der Waals surface area contributed by atoms with Crippen molar-refractivity contribution >= 4 is 5.69 Å². The molecule has 0 radical (unpaired) electrons. The molecule has 3 nitrogen and oxygen atoms in total. The maximum Gasteiger partial charge on any atom is 0.112 e. The van der Waals surface area contributed by atoms with E-state index in [1.807, 2.05) is 36.1 Å². The lowest BCUT2D eigenvalue weighted by Gasteiger charge is -2.06. The van der Waals surface area contributed by atoms with Gasteiger partial charge in [-0.25, -0.2) is 4.98 Å². The second-order valence-electron chi connectivity index (χ2n) is 3.82. The Morgan fingerprint density at radius 2 is 2.20 bits per heavy atom. The van der Waals surface area contributed by atoms with Crippen molar-refractivity contribution in [1.29, 1.82) is 0 Å². The van der Waals surface area contributed by atoms with Gasteiger partial charge in [0, 0.05) is 31.5 Å². The Bertz CT molecular complexity index is 471. The van der Waals surface area contributed by atoms with Crippen LogP contribution in [0.5, 0.6) is 0 Å². The predicted octanol–water partition coefficient (Wildman–Crippen LogP) is 1.90. The molecule has 0 amide bonds. The smallest absolute Gasteiger partial charge is 0.112 e. The molecule has 2 N–H and O–H groups in total. The molecule has 0 aliphatic carbocycles. The average Bonchev–Trinajstić information content (AvgIpc) is 2.57. The highest BCUT2D eigenvalue weighted by Gasteiger charge is 2.03. The minimum absolute atomic E-state index is 0.816. The van der Waals surface area contributed by atoms with E-state index >= 15 is 0 Å². The van der Waals surface area contributed by atoms with Crippen LogP contribution in [0, 0.1) is 6.92 Å². The molecule has 15 heavy (non-hydrogen) atoms. The molecule has 0 atom stereocenters. The van der Waals surface area contributed by atoms with Crippen LogP contribution in [0.1, 0.15) is 17.0 Å². The number of benzene rings is 1. The lowest BCUT2D eigenvalue weighted by Crippen LogP contribution is -2.00. The minimum atomic E-state index is 0.816. The van der Waals surface area contributed by atoms with Crippen molar-refractivity contribution in [2.24, 2.45) is 7.05 Å². The third-order valence-electron chi connectivity index (χ3n) is 2.64. The van der Waals surface area contributed by atoms with Gasteiger partial charge in [-0.05, 0) is 30.2 Å². The number of nitrogens with two attached hydrogens (primary N) is 1. The predicted molar refractivity (Wildman–Crippen MR) is 61.6 cm³/mol. The van der Waals surface area contributed by atoms with Crippen molar-refractivity contribution in [3.05, 3.63) is 47.5 Å². The first kappa shape index (κ1) is 9.77. The van der Waals surface area contributed by atoms with E-state index in [2.05, 4.69) is 18.0 Å². The topological polar surface area (TPSA) is 43.8 Å². The van der Waals surface area contributed by atoms with Crippen LogP contribution in [0.3, 0.4) is 0 Å². The van der Waals surface area contributed by atoms with Crippen molar-refractivity contribution in [2.75, 3.05) is 5.73 Å². The summed E-state index contributed by atoms with van der Waals surface area (Å²) in [5, 5.41) is 0. The van der Waals surface area contributed by atoms with Gasteiger partial charge in [-0.3, -0.25) is 0 Å². The molecule has 1 aromatic carbocycles. The Morgan fingerprint density at radius 3 is 2.80 bits per heavy atom. The van der Waals surface area contributed by atoms with Crippen LogP contribution in [-0.2, 0) is 13.5 Å². The van der Waals surface area contributed by atoms with Gasteiger partial charge < -0.3 is 10.3 Å². The summed E-state index contributed by atoms with van der Waals surface area (Å²) in [7, 11) is 2.01. The zero-order chi connectivity index (χ0) is 10.8. The first-order chi connectivity index (χ1) is 7.16. The van der Waals surface area contributed by atoms with Crippen LogP contribution in [0.15, 0.2) is 30.6 Å². The number of rotatable bonds is 2. The normalized spacial score (nSPS) is 10.5. The lowest BCUT2D eigenvalue weighted by atomic mass is 10.0. The quantitative estimate of drug-likeness (QED) is 0.754. The molecule has 2 rings (SSSR count). The fourth-order valence-corrected chi connectivity index (χ4v) is 1.65. The molecule has 3 heteroatoms. The third-order valence-corrected chi connectivity index (χ3v) is 2.64. The first-order valence-corrected chi connectivity index (χ1v) is 4.98. The van der Waals surface area contributed by atoms with Crippen LogP contribution >= 0.6 is 0 Å². The van der Waals surface area contributed by atoms with E-state index in [0.29, 0.717) is 0 Å². The highest BCUT2D eigenvalue weighted by Crippen LogP contribution is 2.15. The van der Waals surface area contributed by atoms with Crippen molar-refractivity contribution < 1.29 is 0 Å². The van der Waals surface area contributed by atoms with Crippen LogP contribution < -0.4 is 5.73 Å². The van der Waals surface area contributed by atoms with Crippen LogP contribution in [0.2, 0.25) is 0 Å². The van der Waals surface area contributed by atoms with Crippen LogP contribution in [0.4, 0.5) is 5.69 Å². The summed E-state index contributed by atoms with van der Waals surface area (Å²) < 4.78 is 2.04. The molecule has 0 spiro atoms. The minimum Gasteiger partial charge on any atom is -0.399 e. The molecule has 0 aliphatic heterocycles. The van der Waals surface area contributed by atoms with E-state index in [9.17, 15) is 0 Å². The van der Waals surface area contributed by atoms with Gasteiger partial charge in [0.05, 0.1) is 0 Å². The van der Waals surface area contributed by atoms with Gasteiger partial charge in [0.15, 0.2) is 0 Å². The Labute approximate surface area is 89.6 Å². The molecule has 0 fully saturated rings. The molecule has 0 unspecified atom stereocenters. The molecule has 0 aliphatic rings. The summed E-state index contributed by atoms with van der Waals surface area (Å²) in [5.41, 5.74) is 9.02. The number of aryl methyl sites for hydroxylation is 2. The number of hydrogen-bond acceptors (Lipinski definition) is 2. The van der Waals surface area contributed by atoms with Gasteiger partial charge in [0.2, 0.25) is 0 Å². The summed E-state index contributed by atoms with van der Waals surface area (Å²) in [5.74, 6) is 1.07. The van der Waals surface area contributed by atoms with Gasteiger partial charge in [-0.15, -0.1) is 0 Å². The summed E-state index contributed by atoms with van der Waals surface area (Å²) in [6.45, 7) is 2.08. The molecule has 0 bridgehead atoms. The molecule has 1 aromatic heterocycles. The summed E-state index contributed by atoms with van der Waals surface area (Å²) in [6, 6.07) is 6.00. The van der Waals surface area contributed by atoms with Gasteiger partial charge in [0.25, 0.3) is 0 Å². The first-order valence-electron chi connectivity index (χ1n) is 4.98. The van der Waals surface area contributed by atoms with Gasteiger partial charge in [-0.1, -0.05) is 6.07 Å². The van der Waals surface area contributed by atoms with Crippen molar-refractivity contribution in [1.82, 2.24) is 9.55 Å². The second kappa shape index (κ2) is 3.77. The Balaban J connectivity index is 2.29.